The van der Waals surface area contributed by atoms with E-state index in [1.165, 1.54) is 0 Å². The zero-order chi connectivity index (χ0) is 16.7. The lowest BCUT2D eigenvalue weighted by Crippen LogP contribution is -2.37. The van der Waals surface area contributed by atoms with E-state index in [1.54, 1.807) is 7.11 Å². The average molecular weight is 318 g/mol. The van der Waals surface area contributed by atoms with Gasteiger partial charge >= 0.3 is 0 Å². The number of aryl methyl sites for hydroxylation is 1. The fourth-order valence-electron chi connectivity index (χ4n) is 2.02. The normalized spacial score (nSPS) is 12.0. The molecule has 0 fully saturated rings. The third-order valence-corrected chi connectivity index (χ3v) is 3.37. The van der Waals surface area contributed by atoms with Crippen LogP contribution in [0.1, 0.15) is 25.7 Å². The Bertz CT molecular complexity index is 625. The van der Waals surface area contributed by atoms with Gasteiger partial charge in [-0.3, -0.25) is 4.79 Å². The molecule has 1 heterocycles. The van der Waals surface area contributed by atoms with Crippen LogP contribution in [0.2, 0.25) is 0 Å². The van der Waals surface area contributed by atoms with Crippen molar-refractivity contribution in [3.05, 3.63) is 30.2 Å². The predicted molar refractivity (Wildman–Crippen MR) is 85.9 cm³/mol. The summed E-state index contributed by atoms with van der Waals surface area (Å²) in [5.74, 6) is 1.81. The highest BCUT2D eigenvalue weighted by molar-refractivity contribution is 5.76. The van der Waals surface area contributed by atoms with Gasteiger partial charge in [0.2, 0.25) is 17.6 Å². The van der Waals surface area contributed by atoms with E-state index in [1.807, 2.05) is 31.2 Å². The van der Waals surface area contributed by atoms with E-state index in [-0.39, 0.29) is 11.9 Å². The summed E-state index contributed by atoms with van der Waals surface area (Å²) >= 11 is 0. The SMILES string of the molecule is COc1ccc(-c2noc(CCCC(=O)N[C@@H](C)CN)n2)cc1. The van der Waals surface area contributed by atoms with Crippen molar-refractivity contribution in [1.82, 2.24) is 15.5 Å². The number of nitrogens with two attached hydrogens (primary N) is 1. The number of amides is 1. The molecule has 2 rings (SSSR count). The Labute approximate surface area is 135 Å². The van der Waals surface area contributed by atoms with Crippen molar-refractivity contribution in [1.29, 1.82) is 0 Å². The monoisotopic (exact) mass is 318 g/mol. The maximum atomic E-state index is 11.6. The molecule has 7 nitrogen and oxygen atoms in total. The van der Waals surface area contributed by atoms with E-state index >= 15 is 0 Å². The molecule has 0 aliphatic heterocycles. The maximum Gasteiger partial charge on any atom is 0.226 e. The molecule has 0 aliphatic rings. The molecule has 0 saturated carbocycles. The summed E-state index contributed by atoms with van der Waals surface area (Å²) < 4.78 is 10.3. The van der Waals surface area contributed by atoms with Gasteiger partial charge in [-0.1, -0.05) is 5.16 Å². The third kappa shape index (κ3) is 5.07. The van der Waals surface area contributed by atoms with Crippen molar-refractivity contribution in [2.75, 3.05) is 13.7 Å². The third-order valence-electron chi connectivity index (χ3n) is 3.37. The Kier molecular flexibility index (Phi) is 6.10. The summed E-state index contributed by atoms with van der Waals surface area (Å²) in [6, 6.07) is 7.42. The zero-order valence-electron chi connectivity index (χ0n) is 13.4. The van der Waals surface area contributed by atoms with Crippen molar-refractivity contribution in [2.24, 2.45) is 5.73 Å². The minimum atomic E-state index is -0.0159. The van der Waals surface area contributed by atoms with Gasteiger partial charge in [0, 0.05) is 31.0 Å². The first-order chi connectivity index (χ1) is 11.1. The first kappa shape index (κ1) is 17.0. The molecular formula is C16H22N4O3. The molecule has 124 valence electrons. The molecule has 0 unspecified atom stereocenters. The van der Waals surface area contributed by atoms with Crippen LogP contribution in [0.3, 0.4) is 0 Å². The quantitative estimate of drug-likeness (QED) is 0.765. The topological polar surface area (TPSA) is 103 Å². The summed E-state index contributed by atoms with van der Waals surface area (Å²) in [5.41, 5.74) is 6.32. The zero-order valence-corrected chi connectivity index (χ0v) is 13.4. The lowest BCUT2D eigenvalue weighted by atomic mass is 10.2. The van der Waals surface area contributed by atoms with Crippen LogP contribution < -0.4 is 15.8 Å². The van der Waals surface area contributed by atoms with Crippen LogP contribution in [0, 0.1) is 0 Å². The lowest BCUT2D eigenvalue weighted by molar-refractivity contribution is -0.121. The fraction of sp³-hybridized carbons (Fsp3) is 0.438. The first-order valence-corrected chi connectivity index (χ1v) is 7.59. The summed E-state index contributed by atoms with van der Waals surface area (Å²) in [5, 5.41) is 6.77. The van der Waals surface area contributed by atoms with Gasteiger partial charge in [0.15, 0.2) is 0 Å². The number of rotatable bonds is 8. The molecule has 0 bridgehead atoms. The van der Waals surface area contributed by atoms with Gasteiger partial charge in [-0.05, 0) is 37.6 Å². The second kappa shape index (κ2) is 8.28. The Morgan fingerprint density at radius 1 is 1.39 bits per heavy atom. The van der Waals surface area contributed by atoms with Gasteiger partial charge in [0.25, 0.3) is 0 Å². The van der Waals surface area contributed by atoms with Gasteiger partial charge in [-0.25, -0.2) is 0 Å². The smallest absolute Gasteiger partial charge is 0.226 e. The minimum Gasteiger partial charge on any atom is -0.497 e. The van der Waals surface area contributed by atoms with Crippen molar-refractivity contribution in [3.8, 4) is 17.1 Å². The predicted octanol–water partition coefficient (Wildman–Crippen LogP) is 1.53. The summed E-state index contributed by atoms with van der Waals surface area (Å²) in [6.07, 6.45) is 1.62. The summed E-state index contributed by atoms with van der Waals surface area (Å²) in [6.45, 7) is 2.30. The van der Waals surface area contributed by atoms with E-state index in [0.717, 1.165) is 11.3 Å². The number of nitrogens with zero attached hydrogens (tertiary/aromatic N) is 2. The number of ether oxygens (including phenoxy) is 1. The van der Waals surface area contributed by atoms with Crippen LogP contribution in [0.15, 0.2) is 28.8 Å². The van der Waals surface area contributed by atoms with Gasteiger partial charge < -0.3 is 20.3 Å². The number of methoxy groups -OCH3 is 1. The highest BCUT2D eigenvalue weighted by Crippen LogP contribution is 2.20. The number of hydrogen-bond acceptors (Lipinski definition) is 6. The number of benzene rings is 1. The summed E-state index contributed by atoms with van der Waals surface area (Å²) in [7, 11) is 1.62. The Morgan fingerprint density at radius 2 is 2.13 bits per heavy atom. The molecule has 0 saturated heterocycles. The van der Waals surface area contributed by atoms with Crippen molar-refractivity contribution in [2.45, 2.75) is 32.2 Å². The molecular weight excluding hydrogens is 296 g/mol. The highest BCUT2D eigenvalue weighted by atomic mass is 16.5. The molecule has 0 spiro atoms. The van der Waals surface area contributed by atoms with Crippen LogP contribution in [0.5, 0.6) is 5.75 Å². The molecule has 0 radical (unpaired) electrons. The van der Waals surface area contributed by atoms with Gasteiger partial charge in [-0.2, -0.15) is 4.98 Å². The number of carbonyl (C=O) groups excluding carboxylic acids is 1. The number of carbonyl (C=O) groups is 1. The van der Waals surface area contributed by atoms with Gasteiger partial charge in [-0.15, -0.1) is 0 Å². The first-order valence-electron chi connectivity index (χ1n) is 7.59. The van der Waals surface area contributed by atoms with E-state index in [0.29, 0.717) is 37.5 Å². The highest BCUT2D eigenvalue weighted by Gasteiger charge is 2.10. The Morgan fingerprint density at radius 3 is 2.78 bits per heavy atom. The molecule has 7 heteroatoms. The molecule has 2 aromatic rings. The Hall–Kier alpha value is -2.41. The second-order valence-electron chi connectivity index (χ2n) is 5.30. The van der Waals surface area contributed by atoms with E-state index in [4.69, 9.17) is 15.0 Å². The number of aromatic nitrogens is 2. The fourth-order valence-corrected chi connectivity index (χ4v) is 2.02. The van der Waals surface area contributed by atoms with Crippen LogP contribution in [0.25, 0.3) is 11.4 Å². The van der Waals surface area contributed by atoms with Gasteiger partial charge in [0.05, 0.1) is 7.11 Å². The molecule has 3 N–H and O–H groups in total. The molecule has 0 aliphatic carbocycles. The van der Waals surface area contributed by atoms with E-state index in [9.17, 15) is 4.79 Å². The van der Waals surface area contributed by atoms with Crippen molar-refractivity contribution >= 4 is 5.91 Å². The van der Waals surface area contributed by atoms with Crippen molar-refractivity contribution in [3.63, 3.8) is 0 Å². The van der Waals surface area contributed by atoms with Crippen LogP contribution in [-0.4, -0.2) is 35.7 Å². The molecule has 23 heavy (non-hydrogen) atoms. The average Bonchev–Trinajstić information content (AvgIpc) is 3.03. The largest absolute Gasteiger partial charge is 0.497 e. The van der Waals surface area contributed by atoms with E-state index in [2.05, 4.69) is 15.5 Å². The molecule has 1 atom stereocenters. The van der Waals surface area contributed by atoms with E-state index < -0.39 is 0 Å². The van der Waals surface area contributed by atoms with Crippen LogP contribution >= 0.6 is 0 Å². The molecule has 1 aromatic carbocycles. The number of hydrogen-bond donors (Lipinski definition) is 2. The van der Waals surface area contributed by atoms with Crippen LogP contribution in [-0.2, 0) is 11.2 Å². The lowest BCUT2D eigenvalue weighted by Gasteiger charge is -2.10. The summed E-state index contributed by atoms with van der Waals surface area (Å²) in [4.78, 5) is 16.0. The standard InChI is InChI=1S/C16H22N4O3/c1-11(10-17)18-14(21)4-3-5-15-19-16(20-23-15)12-6-8-13(22-2)9-7-12/h6-9,11H,3-5,10,17H2,1-2H3,(H,18,21)/t11-/m0/s1. The van der Waals surface area contributed by atoms with Crippen molar-refractivity contribution < 1.29 is 14.1 Å². The van der Waals surface area contributed by atoms with Crippen LogP contribution in [0.4, 0.5) is 0 Å². The number of nitrogens with one attached hydrogen (secondary N) is 1. The second-order valence-corrected chi connectivity index (χ2v) is 5.30. The maximum absolute atomic E-state index is 11.6. The molecule has 1 aromatic heterocycles. The molecule has 1 amide bonds. The van der Waals surface area contributed by atoms with Gasteiger partial charge in [0.1, 0.15) is 5.75 Å². The Balaban J connectivity index is 1.83. The minimum absolute atomic E-state index is 0.00687.